The third-order valence-electron chi connectivity index (χ3n) is 4.39. The van der Waals surface area contributed by atoms with E-state index in [9.17, 15) is 5.11 Å². The number of hydrogen-bond acceptors (Lipinski definition) is 2. The van der Waals surface area contributed by atoms with Crippen LogP contribution in [0.5, 0.6) is 0 Å². The van der Waals surface area contributed by atoms with Gasteiger partial charge in [0.15, 0.2) is 0 Å². The van der Waals surface area contributed by atoms with Crippen LogP contribution in [0, 0.1) is 5.92 Å². The lowest BCUT2D eigenvalue weighted by Crippen LogP contribution is -2.54. The first kappa shape index (κ1) is 11.4. The van der Waals surface area contributed by atoms with Crippen molar-refractivity contribution in [3.8, 4) is 0 Å². The molecule has 15 heavy (non-hydrogen) atoms. The Morgan fingerprint density at radius 1 is 1.07 bits per heavy atom. The van der Waals surface area contributed by atoms with Gasteiger partial charge in [0.2, 0.25) is 0 Å². The molecule has 2 saturated carbocycles. The molecule has 0 aromatic carbocycles. The molecule has 0 heterocycles. The molecule has 0 aromatic rings. The monoisotopic (exact) mass is 211 g/mol. The van der Waals surface area contributed by atoms with Crippen molar-refractivity contribution in [3.05, 3.63) is 0 Å². The fourth-order valence-corrected chi connectivity index (χ4v) is 3.01. The molecule has 2 aliphatic carbocycles. The third-order valence-corrected chi connectivity index (χ3v) is 4.39. The van der Waals surface area contributed by atoms with E-state index in [2.05, 4.69) is 5.32 Å². The SMILES string of the molecule is OCC1(NCCC2CCCCC2)CCC1. The summed E-state index contributed by atoms with van der Waals surface area (Å²) in [5.74, 6) is 0.960. The largest absolute Gasteiger partial charge is 0.394 e. The van der Waals surface area contributed by atoms with E-state index in [0.717, 1.165) is 12.5 Å². The summed E-state index contributed by atoms with van der Waals surface area (Å²) in [7, 11) is 0. The molecule has 0 unspecified atom stereocenters. The molecule has 2 nitrogen and oxygen atoms in total. The number of aliphatic hydroxyl groups excluding tert-OH is 1. The van der Waals surface area contributed by atoms with Crippen molar-refractivity contribution in [2.24, 2.45) is 5.92 Å². The van der Waals surface area contributed by atoms with Gasteiger partial charge in [-0.05, 0) is 38.1 Å². The Labute approximate surface area is 93.5 Å². The Balaban J connectivity index is 1.61. The molecule has 2 N–H and O–H groups in total. The van der Waals surface area contributed by atoms with Crippen molar-refractivity contribution in [1.29, 1.82) is 0 Å². The average Bonchev–Trinajstić information content (AvgIpc) is 2.24. The molecule has 88 valence electrons. The highest BCUT2D eigenvalue weighted by atomic mass is 16.3. The summed E-state index contributed by atoms with van der Waals surface area (Å²) in [6, 6.07) is 0. The van der Waals surface area contributed by atoms with Gasteiger partial charge in [0, 0.05) is 5.54 Å². The van der Waals surface area contributed by atoms with Gasteiger partial charge in [-0.25, -0.2) is 0 Å². The van der Waals surface area contributed by atoms with Crippen molar-refractivity contribution < 1.29 is 5.11 Å². The minimum atomic E-state index is 0.120. The highest BCUT2D eigenvalue weighted by Gasteiger charge is 2.35. The predicted octanol–water partition coefficient (Wildman–Crippen LogP) is 2.46. The van der Waals surface area contributed by atoms with Crippen molar-refractivity contribution in [3.63, 3.8) is 0 Å². The Bertz CT molecular complexity index is 177. The lowest BCUT2D eigenvalue weighted by molar-refractivity contribution is 0.0867. The van der Waals surface area contributed by atoms with E-state index >= 15 is 0 Å². The van der Waals surface area contributed by atoms with E-state index in [1.54, 1.807) is 0 Å². The molecular formula is C13H25NO. The second kappa shape index (κ2) is 5.31. The standard InChI is InChI=1S/C13H25NO/c15-11-13(8-4-9-13)14-10-7-12-5-2-1-3-6-12/h12,14-15H,1-11H2. The minimum absolute atomic E-state index is 0.120. The molecule has 2 fully saturated rings. The highest BCUT2D eigenvalue weighted by molar-refractivity contribution is 4.95. The van der Waals surface area contributed by atoms with Gasteiger partial charge in [-0.2, -0.15) is 0 Å². The highest BCUT2D eigenvalue weighted by Crippen LogP contribution is 2.32. The normalized spacial score (nSPS) is 26.2. The fraction of sp³-hybridized carbons (Fsp3) is 1.00. The van der Waals surface area contributed by atoms with Gasteiger partial charge in [-0.3, -0.25) is 0 Å². The van der Waals surface area contributed by atoms with E-state index in [1.165, 1.54) is 57.8 Å². The molecule has 2 aliphatic rings. The summed E-state index contributed by atoms with van der Waals surface area (Å²) >= 11 is 0. The maximum absolute atomic E-state index is 9.31. The van der Waals surface area contributed by atoms with Crippen LogP contribution in [0.3, 0.4) is 0 Å². The maximum Gasteiger partial charge on any atom is 0.0613 e. The topological polar surface area (TPSA) is 32.3 Å². The van der Waals surface area contributed by atoms with Gasteiger partial charge in [-0.1, -0.05) is 32.1 Å². The Morgan fingerprint density at radius 2 is 1.80 bits per heavy atom. The molecule has 2 rings (SSSR count). The van der Waals surface area contributed by atoms with Crippen LogP contribution in [-0.2, 0) is 0 Å². The van der Waals surface area contributed by atoms with Gasteiger partial charge < -0.3 is 10.4 Å². The smallest absolute Gasteiger partial charge is 0.0613 e. The van der Waals surface area contributed by atoms with Gasteiger partial charge in [0.05, 0.1) is 6.61 Å². The molecule has 0 bridgehead atoms. The molecular weight excluding hydrogens is 186 g/mol. The zero-order valence-electron chi connectivity index (χ0n) is 9.80. The van der Waals surface area contributed by atoms with Crippen LogP contribution in [-0.4, -0.2) is 23.8 Å². The van der Waals surface area contributed by atoms with Crippen LogP contribution in [0.4, 0.5) is 0 Å². The maximum atomic E-state index is 9.31. The molecule has 0 atom stereocenters. The molecule has 0 saturated heterocycles. The van der Waals surface area contributed by atoms with E-state index in [1.807, 2.05) is 0 Å². The average molecular weight is 211 g/mol. The van der Waals surface area contributed by atoms with Crippen LogP contribution < -0.4 is 5.32 Å². The Hall–Kier alpha value is -0.0800. The van der Waals surface area contributed by atoms with E-state index < -0.39 is 0 Å². The van der Waals surface area contributed by atoms with Crippen molar-refractivity contribution in [2.75, 3.05) is 13.2 Å². The predicted molar refractivity (Wildman–Crippen MR) is 62.9 cm³/mol. The first-order valence-electron chi connectivity index (χ1n) is 6.71. The summed E-state index contributed by atoms with van der Waals surface area (Å²) in [6.45, 7) is 1.45. The van der Waals surface area contributed by atoms with E-state index in [-0.39, 0.29) is 5.54 Å². The first-order valence-corrected chi connectivity index (χ1v) is 6.71. The van der Waals surface area contributed by atoms with Crippen LogP contribution in [0.25, 0.3) is 0 Å². The third kappa shape index (κ3) is 2.94. The number of rotatable bonds is 5. The minimum Gasteiger partial charge on any atom is -0.394 e. The van der Waals surface area contributed by atoms with Crippen LogP contribution in [0.2, 0.25) is 0 Å². The molecule has 0 radical (unpaired) electrons. The quantitative estimate of drug-likeness (QED) is 0.732. The van der Waals surface area contributed by atoms with Gasteiger partial charge in [0.25, 0.3) is 0 Å². The lowest BCUT2D eigenvalue weighted by Gasteiger charge is -2.41. The molecule has 0 spiro atoms. The Morgan fingerprint density at radius 3 is 2.33 bits per heavy atom. The summed E-state index contributed by atoms with van der Waals surface area (Å²) < 4.78 is 0. The molecule has 0 amide bonds. The van der Waals surface area contributed by atoms with Gasteiger partial charge in [-0.15, -0.1) is 0 Å². The van der Waals surface area contributed by atoms with Crippen LogP contribution >= 0.6 is 0 Å². The number of hydrogen-bond donors (Lipinski definition) is 2. The molecule has 0 aromatic heterocycles. The van der Waals surface area contributed by atoms with Gasteiger partial charge >= 0.3 is 0 Å². The number of aliphatic hydroxyl groups is 1. The van der Waals surface area contributed by atoms with Crippen molar-refractivity contribution in [1.82, 2.24) is 5.32 Å². The first-order chi connectivity index (χ1) is 7.35. The van der Waals surface area contributed by atoms with Crippen LogP contribution in [0.15, 0.2) is 0 Å². The van der Waals surface area contributed by atoms with E-state index in [4.69, 9.17) is 0 Å². The molecule has 2 heteroatoms. The fourth-order valence-electron chi connectivity index (χ4n) is 3.01. The van der Waals surface area contributed by atoms with Crippen molar-refractivity contribution in [2.45, 2.75) is 63.3 Å². The van der Waals surface area contributed by atoms with Crippen LogP contribution in [0.1, 0.15) is 57.8 Å². The van der Waals surface area contributed by atoms with E-state index in [0.29, 0.717) is 6.61 Å². The Kier molecular flexibility index (Phi) is 4.04. The molecule has 0 aliphatic heterocycles. The summed E-state index contributed by atoms with van der Waals surface area (Å²) in [5.41, 5.74) is 0.120. The lowest BCUT2D eigenvalue weighted by atomic mass is 9.77. The summed E-state index contributed by atoms with van der Waals surface area (Å²) in [6.07, 6.45) is 12.2. The zero-order valence-corrected chi connectivity index (χ0v) is 9.80. The van der Waals surface area contributed by atoms with Gasteiger partial charge in [0.1, 0.15) is 0 Å². The second-order valence-corrected chi connectivity index (χ2v) is 5.51. The summed E-state index contributed by atoms with van der Waals surface area (Å²) in [4.78, 5) is 0. The number of nitrogens with one attached hydrogen (secondary N) is 1. The zero-order chi connectivity index (χ0) is 10.6. The van der Waals surface area contributed by atoms with Crippen molar-refractivity contribution >= 4 is 0 Å². The second-order valence-electron chi connectivity index (χ2n) is 5.51. The summed E-state index contributed by atoms with van der Waals surface area (Å²) in [5, 5.41) is 12.9.